The van der Waals surface area contributed by atoms with Gasteiger partial charge in [0.15, 0.2) is 0 Å². The van der Waals surface area contributed by atoms with Gasteiger partial charge in [0.05, 0.1) is 11.8 Å². The van der Waals surface area contributed by atoms with Crippen LogP contribution >= 0.6 is 11.3 Å². The second-order valence-electron chi connectivity index (χ2n) is 4.26. The highest BCUT2D eigenvalue weighted by Gasteiger charge is 2.32. The van der Waals surface area contributed by atoms with E-state index in [2.05, 4.69) is 0 Å². The minimum atomic E-state index is -0.824. The van der Waals surface area contributed by atoms with E-state index < -0.39 is 5.97 Å². The van der Waals surface area contributed by atoms with Crippen LogP contribution in [0.4, 0.5) is 0 Å². The van der Waals surface area contributed by atoms with Crippen molar-refractivity contribution in [2.75, 3.05) is 7.11 Å². The van der Waals surface area contributed by atoms with E-state index in [0.717, 1.165) is 34.2 Å². The smallest absolute Gasteiger partial charge is 0.346 e. The van der Waals surface area contributed by atoms with Crippen LogP contribution < -0.4 is 4.74 Å². The molecule has 3 nitrogen and oxygen atoms in total. The van der Waals surface area contributed by atoms with Gasteiger partial charge in [0.25, 0.3) is 0 Å². The Kier molecular flexibility index (Phi) is 2.33. The molecule has 1 saturated carbocycles. The quantitative estimate of drug-likeness (QED) is 0.904. The SMILES string of the molecule is COc1cccc2c(C3CC3)c(C(=O)O)sc12. The van der Waals surface area contributed by atoms with E-state index in [1.807, 2.05) is 18.2 Å². The normalized spacial score (nSPS) is 15.1. The number of aromatic carboxylic acids is 1. The van der Waals surface area contributed by atoms with Crippen molar-refractivity contribution in [2.45, 2.75) is 18.8 Å². The van der Waals surface area contributed by atoms with E-state index in [1.165, 1.54) is 11.3 Å². The van der Waals surface area contributed by atoms with E-state index >= 15 is 0 Å². The maximum absolute atomic E-state index is 11.3. The summed E-state index contributed by atoms with van der Waals surface area (Å²) in [6.45, 7) is 0. The molecule has 0 atom stereocenters. The Balaban J connectivity index is 2.33. The second kappa shape index (κ2) is 3.74. The first kappa shape index (κ1) is 10.6. The summed E-state index contributed by atoms with van der Waals surface area (Å²) in [5.74, 6) is 0.374. The number of methoxy groups -OCH3 is 1. The number of ether oxygens (including phenoxy) is 1. The van der Waals surface area contributed by atoms with Gasteiger partial charge < -0.3 is 9.84 Å². The first-order valence-electron chi connectivity index (χ1n) is 5.55. The molecule has 0 aliphatic heterocycles. The van der Waals surface area contributed by atoms with Crippen molar-refractivity contribution in [2.24, 2.45) is 0 Å². The molecule has 4 heteroatoms. The molecule has 1 aromatic carbocycles. The van der Waals surface area contributed by atoms with Gasteiger partial charge in [-0.2, -0.15) is 0 Å². The molecule has 1 fully saturated rings. The number of carbonyl (C=O) groups is 1. The zero-order valence-electron chi connectivity index (χ0n) is 9.40. The van der Waals surface area contributed by atoms with Gasteiger partial charge in [0, 0.05) is 5.39 Å². The van der Waals surface area contributed by atoms with Crippen LogP contribution in [-0.2, 0) is 0 Å². The molecule has 1 aliphatic rings. The first-order chi connectivity index (χ1) is 8.22. The predicted molar refractivity (Wildman–Crippen MR) is 67.3 cm³/mol. The van der Waals surface area contributed by atoms with Crippen LogP contribution in [0.1, 0.15) is 34.0 Å². The monoisotopic (exact) mass is 248 g/mol. The summed E-state index contributed by atoms with van der Waals surface area (Å²) >= 11 is 1.33. The average molecular weight is 248 g/mol. The lowest BCUT2D eigenvalue weighted by Gasteiger charge is -2.01. The lowest BCUT2D eigenvalue weighted by Crippen LogP contribution is -1.96. The molecule has 17 heavy (non-hydrogen) atoms. The van der Waals surface area contributed by atoms with Gasteiger partial charge in [0.1, 0.15) is 10.6 Å². The van der Waals surface area contributed by atoms with Gasteiger partial charge >= 0.3 is 5.97 Å². The lowest BCUT2D eigenvalue weighted by molar-refractivity contribution is 0.0701. The largest absolute Gasteiger partial charge is 0.495 e. The molecule has 0 amide bonds. The highest BCUT2D eigenvalue weighted by atomic mass is 32.1. The minimum Gasteiger partial charge on any atom is -0.495 e. The second-order valence-corrected chi connectivity index (χ2v) is 5.28. The van der Waals surface area contributed by atoms with Crippen LogP contribution in [0.2, 0.25) is 0 Å². The summed E-state index contributed by atoms with van der Waals surface area (Å²) in [5, 5.41) is 10.3. The van der Waals surface area contributed by atoms with E-state index in [-0.39, 0.29) is 0 Å². The molecule has 1 aliphatic carbocycles. The summed E-state index contributed by atoms with van der Waals surface area (Å²) in [5.41, 5.74) is 1.01. The minimum absolute atomic E-state index is 0.432. The van der Waals surface area contributed by atoms with Crippen LogP contribution in [0, 0.1) is 0 Å². The van der Waals surface area contributed by atoms with Crippen LogP contribution in [0.5, 0.6) is 5.75 Å². The van der Waals surface area contributed by atoms with Crippen LogP contribution in [0.25, 0.3) is 10.1 Å². The summed E-state index contributed by atoms with van der Waals surface area (Å²) in [6, 6.07) is 5.79. The van der Waals surface area contributed by atoms with E-state index in [0.29, 0.717) is 10.8 Å². The Morgan fingerprint density at radius 3 is 2.82 bits per heavy atom. The standard InChI is InChI=1S/C13H12O3S/c1-16-9-4-2-3-8-10(7-5-6-7)12(13(14)15)17-11(8)9/h2-4,7H,5-6H2,1H3,(H,14,15). The summed E-state index contributed by atoms with van der Waals surface area (Å²) in [7, 11) is 1.62. The summed E-state index contributed by atoms with van der Waals surface area (Å²) in [6.07, 6.45) is 2.20. The van der Waals surface area contributed by atoms with E-state index in [4.69, 9.17) is 4.74 Å². The lowest BCUT2D eigenvalue weighted by atomic mass is 10.1. The highest BCUT2D eigenvalue weighted by Crippen LogP contribution is 2.49. The molecule has 1 N–H and O–H groups in total. The molecule has 88 valence electrons. The fraction of sp³-hybridized carbons (Fsp3) is 0.308. The molecule has 0 bridgehead atoms. The number of carboxylic acids is 1. The molecular weight excluding hydrogens is 236 g/mol. The van der Waals surface area contributed by atoms with Crippen molar-refractivity contribution in [3.8, 4) is 5.75 Å². The zero-order chi connectivity index (χ0) is 12.0. The third-order valence-electron chi connectivity index (χ3n) is 3.12. The number of carboxylic acid groups (broad SMARTS) is 1. The van der Waals surface area contributed by atoms with Gasteiger partial charge in [0.2, 0.25) is 0 Å². The molecule has 1 aromatic heterocycles. The number of rotatable bonds is 3. The summed E-state index contributed by atoms with van der Waals surface area (Å²) < 4.78 is 6.25. The molecule has 1 heterocycles. The van der Waals surface area contributed by atoms with Crippen LogP contribution in [0.15, 0.2) is 18.2 Å². The number of hydrogen-bond acceptors (Lipinski definition) is 3. The maximum atomic E-state index is 11.3. The van der Waals surface area contributed by atoms with Gasteiger partial charge in [-0.1, -0.05) is 12.1 Å². The zero-order valence-corrected chi connectivity index (χ0v) is 10.2. The Hall–Kier alpha value is -1.55. The topological polar surface area (TPSA) is 46.5 Å². The average Bonchev–Trinajstić information content (AvgIpc) is 3.08. The van der Waals surface area contributed by atoms with Crippen molar-refractivity contribution in [1.82, 2.24) is 0 Å². The van der Waals surface area contributed by atoms with E-state index in [1.54, 1.807) is 7.11 Å². The van der Waals surface area contributed by atoms with Crippen molar-refractivity contribution >= 4 is 27.4 Å². The van der Waals surface area contributed by atoms with Crippen molar-refractivity contribution in [1.29, 1.82) is 0 Å². The Morgan fingerprint density at radius 1 is 1.47 bits per heavy atom. The summed E-state index contributed by atoms with van der Waals surface area (Å²) in [4.78, 5) is 11.8. The van der Waals surface area contributed by atoms with Crippen molar-refractivity contribution < 1.29 is 14.6 Å². The fourth-order valence-electron chi connectivity index (χ4n) is 2.21. The number of hydrogen-bond donors (Lipinski definition) is 1. The maximum Gasteiger partial charge on any atom is 0.346 e. The van der Waals surface area contributed by atoms with Gasteiger partial charge in [-0.05, 0) is 30.4 Å². The highest BCUT2D eigenvalue weighted by molar-refractivity contribution is 7.21. The first-order valence-corrected chi connectivity index (χ1v) is 6.36. The predicted octanol–water partition coefficient (Wildman–Crippen LogP) is 3.49. The molecular formula is C13H12O3S. The Bertz CT molecular complexity index is 596. The molecule has 3 rings (SSSR count). The molecule has 0 saturated heterocycles. The number of benzene rings is 1. The Labute approximate surface area is 103 Å². The van der Waals surface area contributed by atoms with E-state index in [9.17, 15) is 9.90 Å². The number of fused-ring (bicyclic) bond motifs is 1. The molecule has 2 aromatic rings. The molecule has 0 radical (unpaired) electrons. The van der Waals surface area contributed by atoms with Gasteiger partial charge in [-0.25, -0.2) is 4.79 Å². The third-order valence-corrected chi connectivity index (χ3v) is 4.34. The molecule has 0 spiro atoms. The fourth-order valence-corrected chi connectivity index (χ4v) is 3.43. The van der Waals surface area contributed by atoms with Crippen LogP contribution in [0.3, 0.4) is 0 Å². The van der Waals surface area contributed by atoms with Crippen LogP contribution in [-0.4, -0.2) is 18.2 Å². The Morgan fingerprint density at radius 2 is 2.24 bits per heavy atom. The van der Waals surface area contributed by atoms with Gasteiger partial charge in [-0.15, -0.1) is 11.3 Å². The van der Waals surface area contributed by atoms with Crippen molar-refractivity contribution in [3.63, 3.8) is 0 Å². The third kappa shape index (κ3) is 1.60. The van der Waals surface area contributed by atoms with Crippen molar-refractivity contribution in [3.05, 3.63) is 28.6 Å². The number of thiophene rings is 1. The molecule has 0 unspecified atom stereocenters. The van der Waals surface area contributed by atoms with Gasteiger partial charge in [-0.3, -0.25) is 0 Å².